The average molecular weight is 563 g/mol. The van der Waals surface area contributed by atoms with E-state index in [0.717, 1.165) is 24.3 Å². The number of ether oxygens (including phenoxy) is 1. The minimum Gasteiger partial charge on any atom is -0.394 e. The maximum Gasteiger partial charge on any atom is 0.250 e. The summed E-state index contributed by atoms with van der Waals surface area (Å²) in [5.41, 5.74) is 1.52. The smallest absolute Gasteiger partial charge is 0.250 e. The molecule has 2 bridgehead atoms. The molecule has 41 heavy (non-hydrogen) atoms. The van der Waals surface area contributed by atoms with Crippen LogP contribution in [-0.2, 0) is 25.7 Å². The number of rotatable bonds is 11. The number of amides is 3. The molecule has 2 aromatic rings. The minimum absolute atomic E-state index is 0.106. The molecule has 9 nitrogen and oxygen atoms in total. The van der Waals surface area contributed by atoms with Crippen LogP contribution in [0.3, 0.4) is 0 Å². The van der Waals surface area contributed by atoms with Crippen molar-refractivity contribution >= 4 is 29.1 Å². The second-order valence-electron chi connectivity index (χ2n) is 11.7. The van der Waals surface area contributed by atoms with Gasteiger partial charge in [-0.15, -0.1) is 0 Å². The van der Waals surface area contributed by atoms with E-state index in [1.165, 1.54) is 4.90 Å². The molecule has 9 heteroatoms. The fraction of sp³-hybridized carbons (Fsp3) is 0.531. The van der Waals surface area contributed by atoms with Gasteiger partial charge >= 0.3 is 0 Å². The fourth-order valence-corrected chi connectivity index (χ4v) is 7.13. The Kier molecular flexibility index (Phi) is 8.38. The van der Waals surface area contributed by atoms with E-state index < -0.39 is 35.6 Å². The monoisotopic (exact) mass is 562 g/mol. The quantitative estimate of drug-likeness (QED) is 0.388. The molecular formula is C32H42N4O5. The van der Waals surface area contributed by atoms with Gasteiger partial charge in [-0.25, -0.2) is 0 Å². The van der Waals surface area contributed by atoms with E-state index in [9.17, 15) is 19.5 Å². The summed E-state index contributed by atoms with van der Waals surface area (Å²) in [6, 6.07) is 15.7. The lowest BCUT2D eigenvalue weighted by Gasteiger charge is -2.38. The molecule has 2 unspecified atom stereocenters. The molecule has 3 fully saturated rings. The third-order valence-electron chi connectivity index (χ3n) is 9.18. The van der Waals surface area contributed by atoms with Crippen LogP contribution in [0.2, 0.25) is 0 Å². The summed E-state index contributed by atoms with van der Waals surface area (Å²) in [6.45, 7) is 9.84. The maximum absolute atomic E-state index is 14.2. The molecule has 0 radical (unpaired) electrons. The Hall–Kier alpha value is -3.43. The normalized spacial score (nSPS) is 27.2. The van der Waals surface area contributed by atoms with Gasteiger partial charge in [0.15, 0.2) is 0 Å². The lowest BCUT2D eigenvalue weighted by molar-refractivity contribution is -0.145. The van der Waals surface area contributed by atoms with Crippen molar-refractivity contribution in [3.63, 3.8) is 0 Å². The van der Waals surface area contributed by atoms with Crippen LogP contribution in [0.5, 0.6) is 0 Å². The van der Waals surface area contributed by atoms with E-state index in [1.54, 1.807) is 0 Å². The summed E-state index contributed by atoms with van der Waals surface area (Å²) in [7, 11) is 0. The Labute approximate surface area is 242 Å². The number of benzene rings is 2. The number of fused-ring (bicyclic) bond motifs is 1. The Morgan fingerprint density at radius 1 is 1.07 bits per heavy atom. The number of aliphatic hydroxyl groups is 1. The highest BCUT2D eigenvalue weighted by atomic mass is 16.5. The molecule has 1 spiro atoms. The number of aliphatic hydroxyl groups excluding tert-OH is 1. The van der Waals surface area contributed by atoms with Gasteiger partial charge in [0.05, 0.1) is 30.6 Å². The highest BCUT2D eigenvalue weighted by Gasteiger charge is 2.75. The Balaban J connectivity index is 1.43. The molecular weight excluding hydrogens is 520 g/mol. The first-order valence-corrected chi connectivity index (χ1v) is 14.8. The van der Waals surface area contributed by atoms with Crippen molar-refractivity contribution in [2.24, 2.45) is 17.8 Å². The molecule has 6 atom stereocenters. The molecule has 2 aromatic carbocycles. The van der Waals surface area contributed by atoms with Crippen molar-refractivity contribution in [1.82, 2.24) is 10.2 Å². The summed E-state index contributed by atoms with van der Waals surface area (Å²) >= 11 is 0. The van der Waals surface area contributed by atoms with Gasteiger partial charge in [0.2, 0.25) is 17.7 Å². The third-order valence-corrected chi connectivity index (χ3v) is 9.18. The van der Waals surface area contributed by atoms with E-state index in [4.69, 9.17) is 4.74 Å². The Bertz CT molecular complexity index is 1250. The van der Waals surface area contributed by atoms with Crippen LogP contribution in [0, 0.1) is 17.8 Å². The number of likely N-dealkylation sites (tertiary alicyclic amines) is 1. The van der Waals surface area contributed by atoms with Gasteiger partial charge in [-0.2, -0.15) is 0 Å². The minimum atomic E-state index is -1.12. The van der Waals surface area contributed by atoms with Crippen LogP contribution in [-0.4, -0.2) is 71.2 Å². The standard InChI is InChI=1S/C32H42N4O5/c1-5-35(6-2)23-14-12-22(13-15-23)34-30(39)28-32-17-16-25(41-32)26(29(38)33-18-21-10-8-7-9-11-21)27(32)31(40)36(28)24(19-37)20(3)4/h7-15,20,24-28,37H,5-6,16-19H2,1-4H3,(H,33,38)(H,34,39)/t24-,25+,26-,27-,28?,32?/m0/s1. The summed E-state index contributed by atoms with van der Waals surface area (Å²) in [5.74, 6) is -2.48. The van der Waals surface area contributed by atoms with Crippen LogP contribution in [0.4, 0.5) is 11.4 Å². The first kappa shape index (κ1) is 29.1. The molecule has 220 valence electrons. The average Bonchev–Trinajstić information content (AvgIpc) is 3.62. The van der Waals surface area contributed by atoms with Gasteiger partial charge in [-0.1, -0.05) is 44.2 Å². The topological polar surface area (TPSA) is 111 Å². The number of nitrogens with one attached hydrogen (secondary N) is 2. The Morgan fingerprint density at radius 2 is 1.76 bits per heavy atom. The highest BCUT2D eigenvalue weighted by Crippen LogP contribution is 2.59. The molecule has 3 N–H and O–H groups in total. The molecule has 0 aliphatic carbocycles. The van der Waals surface area contributed by atoms with Gasteiger partial charge in [0.1, 0.15) is 11.6 Å². The van der Waals surface area contributed by atoms with Gasteiger partial charge in [-0.05, 0) is 62.4 Å². The maximum atomic E-state index is 14.2. The number of carbonyl (C=O) groups is 3. The van der Waals surface area contributed by atoms with Crippen LogP contribution >= 0.6 is 0 Å². The van der Waals surface area contributed by atoms with Crippen molar-refractivity contribution in [2.75, 3.05) is 29.9 Å². The van der Waals surface area contributed by atoms with Crippen LogP contribution in [0.25, 0.3) is 0 Å². The second kappa shape index (κ2) is 11.8. The van der Waals surface area contributed by atoms with Crippen molar-refractivity contribution < 1.29 is 24.2 Å². The second-order valence-corrected chi connectivity index (χ2v) is 11.7. The number of carbonyl (C=O) groups excluding carboxylic acids is 3. The molecule has 3 aliphatic rings. The lowest BCUT2D eigenvalue weighted by Crippen LogP contribution is -2.57. The highest BCUT2D eigenvalue weighted by molar-refractivity contribution is 6.03. The SMILES string of the molecule is CCN(CC)c1ccc(NC(=O)C2N([C@@H](CO)C(C)C)C(=O)[C@@H]3[C@@H](C(=O)NCc4ccccc4)[C@H]4CCC23O4)cc1. The van der Waals surface area contributed by atoms with Crippen LogP contribution < -0.4 is 15.5 Å². The molecule has 0 aromatic heterocycles. The first-order valence-electron chi connectivity index (χ1n) is 14.8. The van der Waals surface area contributed by atoms with Crippen molar-refractivity contribution in [2.45, 2.75) is 70.9 Å². The van der Waals surface area contributed by atoms with Gasteiger partial charge in [-0.3, -0.25) is 14.4 Å². The molecule has 3 saturated heterocycles. The summed E-state index contributed by atoms with van der Waals surface area (Å²) in [5, 5.41) is 16.4. The molecule has 3 amide bonds. The molecule has 0 saturated carbocycles. The predicted octanol–water partition coefficient (Wildman–Crippen LogP) is 3.18. The zero-order valence-electron chi connectivity index (χ0n) is 24.4. The van der Waals surface area contributed by atoms with E-state index in [2.05, 4.69) is 29.4 Å². The van der Waals surface area contributed by atoms with E-state index in [0.29, 0.717) is 25.1 Å². The van der Waals surface area contributed by atoms with E-state index in [-0.39, 0.29) is 30.2 Å². The third kappa shape index (κ3) is 5.10. The van der Waals surface area contributed by atoms with Crippen LogP contribution in [0.15, 0.2) is 54.6 Å². The summed E-state index contributed by atoms with van der Waals surface area (Å²) < 4.78 is 6.52. The number of anilines is 2. The van der Waals surface area contributed by atoms with E-state index in [1.807, 2.05) is 68.4 Å². The zero-order valence-corrected chi connectivity index (χ0v) is 24.4. The number of hydrogen-bond donors (Lipinski definition) is 3. The van der Waals surface area contributed by atoms with Crippen molar-refractivity contribution in [1.29, 1.82) is 0 Å². The largest absolute Gasteiger partial charge is 0.394 e. The first-order chi connectivity index (χ1) is 19.7. The molecule has 3 aliphatic heterocycles. The van der Waals surface area contributed by atoms with Crippen LogP contribution in [0.1, 0.15) is 46.1 Å². The zero-order chi connectivity index (χ0) is 29.3. The van der Waals surface area contributed by atoms with Crippen molar-refractivity contribution in [3.8, 4) is 0 Å². The van der Waals surface area contributed by atoms with Gasteiger partial charge in [0, 0.05) is 31.0 Å². The van der Waals surface area contributed by atoms with E-state index >= 15 is 0 Å². The van der Waals surface area contributed by atoms with Gasteiger partial charge in [0.25, 0.3) is 0 Å². The summed E-state index contributed by atoms with van der Waals surface area (Å²) in [6.07, 6.45) is 0.661. The predicted molar refractivity (Wildman–Crippen MR) is 157 cm³/mol. The number of nitrogens with zero attached hydrogens (tertiary/aromatic N) is 2. The fourth-order valence-electron chi connectivity index (χ4n) is 7.13. The lowest BCUT2D eigenvalue weighted by atomic mass is 9.70. The molecule has 3 heterocycles. The Morgan fingerprint density at radius 3 is 2.37 bits per heavy atom. The molecule has 5 rings (SSSR count). The number of hydrogen-bond acceptors (Lipinski definition) is 6. The summed E-state index contributed by atoms with van der Waals surface area (Å²) in [4.78, 5) is 45.6. The van der Waals surface area contributed by atoms with Crippen molar-refractivity contribution in [3.05, 3.63) is 60.2 Å². The van der Waals surface area contributed by atoms with Gasteiger partial charge < -0.3 is 30.3 Å².